The van der Waals surface area contributed by atoms with Crippen LogP contribution >= 0.6 is 0 Å². The first-order valence-corrected chi connectivity index (χ1v) is 14.0. The second-order valence-electron chi connectivity index (χ2n) is 9.13. The standard InChI is InChI=1S/C28H31N3O6S/c1-20-9-11-22(12-10-20)17-30(24(28(33)29-2)15-21-7-5-4-6-8-21)27(32)18-31(38(3,34)35)23-13-14-25-26(16-23)37-19-36-25/h4-14,16,24H,15,17-19H2,1-3H3,(H,29,33). The van der Waals surface area contributed by atoms with Crippen molar-refractivity contribution in [1.82, 2.24) is 10.2 Å². The van der Waals surface area contributed by atoms with Crippen LogP contribution in [0.3, 0.4) is 0 Å². The maximum Gasteiger partial charge on any atom is 0.244 e. The Bertz CT molecular complexity index is 1390. The molecule has 0 saturated carbocycles. The molecule has 1 aliphatic rings. The summed E-state index contributed by atoms with van der Waals surface area (Å²) in [6, 6.07) is 20.9. The molecule has 0 radical (unpaired) electrons. The van der Waals surface area contributed by atoms with E-state index in [2.05, 4.69) is 5.32 Å². The molecule has 1 N–H and O–H groups in total. The van der Waals surface area contributed by atoms with E-state index in [9.17, 15) is 18.0 Å². The first kappa shape index (κ1) is 27.0. The van der Waals surface area contributed by atoms with E-state index >= 15 is 0 Å². The predicted molar refractivity (Wildman–Crippen MR) is 144 cm³/mol. The van der Waals surface area contributed by atoms with Crippen molar-refractivity contribution >= 4 is 27.5 Å². The van der Waals surface area contributed by atoms with Crippen molar-refractivity contribution < 1.29 is 27.5 Å². The molecule has 0 saturated heterocycles. The molecule has 9 nitrogen and oxygen atoms in total. The number of anilines is 1. The van der Waals surface area contributed by atoms with Crippen LogP contribution in [0.4, 0.5) is 5.69 Å². The number of hydrogen-bond donors (Lipinski definition) is 1. The van der Waals surface area contributed by atoms with E-state index in [1.165, 1.54) is 18.0 Å². The summed E-state index contributed by atoms with van der Waals surface area (Å²) in [7, 11) is -2.35. The summed E-state index contributed by atoms with van der Waals surface area (Å²) < 4.78 is 37.4. The van der Waals surface area contributed by atoms with E-state index in [1.807, 2.05) is 61.5 Å². The Morgan fingerprint density at radius 3 is 2.29 bits per heavy atom. The van der Waals surface area contributed by atoms with Crippen molar-refractivity contribution in [2.24, 2.45) is 0 Å². The SMILES string of the molecule is CNC(=O)C(Cc1ccccc1)N(Cc1ccc(C)cc1)C(=O)CN(c1ccc2c(c1)OCO2)S(C)(=O)=O. The van der Waals surface area contributed by atoms with E-state index in [0.717, 1.165) is 27.3 Å². The molecule has 2 amide bonds. The Balaban J connectivity index is 1.70. The molecule has 4 rings (SSSR count). The van der Waals surface area contributed by atoms with Gasteiger partial charge in [-0.2, -0.15) is 0 Å². The van der Waals surface area contributed by atoms with E-state index in [1.54, 1.807) is 12.1 Å². The molecule has 0 spiro atoms. The lowest BCUT2D eigenvalue weighted by molar-refractivity contribution is -0.139. The maximum absolute atomic E-state index is 13.9. The van der Waals surface area contributed by atoms with Crippen LogP contribution in [-0.2, 0) is 32.6 Å². The first-order valence-electron chi connectivity index (χ1n) is 12.1. The van der Waals surface area contributed by atoms with Crippen molar-refractivity contribution in [2.45, 2.75) is 25.9 Å². The van der Waals surface area contributed by atoms with Gasteiger partial charge in [-0.05, 0) is 30.2 Å². The number of benzene rings is 3. The average Bonchev–Trinajstić information content (AvgIpc) is 3.37. The van der Waals surface area contributed by atoms with Crippen molar-refractivity contribution in [1.29, 1.82) is 0 Å². The molecule has 38 heavy (non-hydrogen) atoms. The number of amides is 2. The minimum Gasteiger partial charge on any atom is -0.454 e. The molecule has 3 aromatic carbocycles. The predicted octanol–water partition coefficient (Wildman–Crippen LogP) is 2.88. The van der Waals surface area contributed by atoms with Gasteiger partial charge in [0.05, 0.1) is 11.9 Å². The second-order valence-corrected chi connectivity index (χ2v) is 11.0. The maximum atomic E-state index is 13.9. The van der Waals surface area contributed by atoms with Gasteiger partial charge in [0.1, 0.15) is 12.6 Å². The van der Waals surface area contributed by atoms with Gasteiger partial charge in [0.25, 0.3) is 0 Å². The topological polar surface area (TPSA) is 105 Å². The Kier molecular flexibility index (Phi) is 8.21. The van der Waals surface area contributed by atoms with Gasteiger partial charge in [0, 0.05) is 26.1 Å². The molecule has 0 aromatic heterocycles. The summed E-state index contributed by atoms with van der Waals surface area (Å²) in [6.07, 6.45) is 1.30. The lowest BCUT2D eigenvalue weighted by Crippen LogP contribution is -2.52. The van der Waals surface area contributed by atoms with Crippen molar-refractivity contribution in [3.63, 3.8) is 0 Å². The van der Waals surface area contributed by atoms with Gasteiger partial charge < -0.3 is 19.7 Å². The molecule has 0 aliphatic carbocycles. The zero-order valence-corrected chi connectivity index (χ0v) is 22.4. The van der Waals surface area contributed by atoms with Crippen LogP contribution in [0.2, 0.25) is 0 Å². The summed E-state index contributed by atoms with van der Waals surface area (Å²) in [5.41, 5.74) is 3.02. The van der Waals surface area contributed by atoms with Crippen LogP contribution < -0.4 is 19.1 Å². The summed E-state index contributed by atoms with van der Waals surface area (Å²) >= 11 is 0. The van der Waals surface area contributed by atoms with Crippen molar-refractivity contribution in [3.8, 4) is 11.5 Å². The van der Waals surface area contributed by atoms with Crippen LogP contribution in [0.15, 0.2) is 72.8 Å². The number of rotatable bonds is 10. The highest BCUT2D eigenvalue weighted by atomic mass is 32.2. The van der Waals surface area contributed by atoms with E-state index in [-0.39, 0.29) is 31.4 Å². The summed E-state index contributed by atoms with van der Waals surface area (Å²) in [5.74, 6) is 0.0333. The number of nitrogens with zero attached hydrogens (tertiary/aromatic N) is 2. The summed E-state index contributed by atoms with van der Waals surface area (Å²) in [6.45, 7) is 1.63. The Labute approximate surface area is 223 Å². The summed E-state index contributed by atoms with van der Waals surface area (Å²) in [4.78, 5) is 28.5. The molecule has 1 unspecified atom stereocenters. The lowest BCUT2D eigenvalue weighted by Gasteiger charge is -2.33. The van der Waals surface area contributed by atoms with Crippen LogP contribution in [0.1, 0.15) is 16.7 Å². The van der Waals surface area contributed by atoms with Crippen LogP contribution in [0.5, 0.6) is 11.5 Å². The highest BCUT2D eigenvalue weighted by molar-refractivity contribution is 7.92. The average molecular weight is 538 g/mol. The zero-order valence-electron chi connectivity index (χ0n) is 21.6. The number of aryl methyl sites for hydroxylation is 1. The van der Waals surface area contributed by atoms with E-state index in [4.69, 9.17) is 9.47 Å². The number of likely N-dealkylation sites (N-methyl/N-ethyl adjacent to an activating group) is 1. The minimum absolute atomic E-state index is 0.0359. The molecular weight excluding hydrogens is 506 g/mol. The minimum atomic E-state index is -3.86. The normalized spacial score (nSPS) is 13.0. The smallest absolute Gasteiger partial charge is 0.244 e. The van der Waals surface area contributed by atoms with Gasteiger partial charge in [0.2, 0.25) is 28.6 Å². The third kappa shape index (κ3) is 6.44. The van der Waals surface area contributed by atoms with E-state index < -0.39 is 28.5 Å². The van der Waals surface area contributed by atoms with Gasteiger partial charge in [-0.15, -0.1) is 0 Å². The number of nitrogens with one attached hydrogen (secondary N) is 1. The highest BCUT2D eigenvalue weighted by Crippen LogP contribution is 2.36. The molecule has 10 heteroatoms. The molecular formula is C28H31N3O6S. The van der Waals surface area contributed by atoms with Gasteiger partial charge in [-0.3, -0.25) is 13.9 Å². The van der Waals surface area contributed by atoms with Crippen molar-refractivity contribution in [3.05, 3.63) is 89.5 Å². The fourth-order valence-corrected chi connectivity index (χ4v) is 5.11. The Hall–Kier alpha value is -4.05. The Morgan fingerprint density at radius 1 is 0.947 bits per heavy atom. The van der Waals surface area contributed by atoms with Crippen LogP contribution in [-0.4, -0.2) is 57.8 Å². The molecule has 3 aromatic rings. The fraction of sp³-hybridized carbons (Fsp3) is 0.286. The number of ether oxygens (including phenoxy) is 2. The van der Waals surface area contributed by atoms with Crippen LogP contribution in [0, 0.1) is 6.92 Å². The van der Waals surface area contributed by atoms with Crippen molar-refractivity contribution in [2.75, 3.05) is 30.9 Å². The van der Waals surface area contributed by atoms with Gasteiger partial charge in [0.15, 0.2) is 11.5 Å². The number of sulfonamides is 1. The number of carbonyl (C=O) groups excluding carboxylic acids is 2. The molecule has 1 aliphatic heterocycles. The third-order valence-corrected chi connectivity index (χ3v) is 7.45. The van der Waals surface area contributed by atoms with Crippen LogP contribution in [0.25, 0.3) is 0 Å². The fourth-order valence-electron chi connectivity index (χ4n) is 4.26. The Morgan fingerprint density at radius 2 is 1.63 bits per heavy atom. The van der Waals surface area contributed by atoms with E-state index in [0.29, 0.717) is 11.5 Å². The second kappa shape index (κ2) is 11.6. The largest absolute Gasteiger partial charge is 0.454 e. The molecule has 200 valence electrons. The first-order chi connectivity index (χ1) is 18.2. The molecule has 1 heterocycles. The third-order valence-electron chi connectivity index (χ3n) is 6.31. The quantitative estimate of drug-likeness (QED) is 0.427. The van der Waals surface area contributed by atoms with Gasteiger partial charge in [-0.25, -0.2) is 8.42 Å². The molecule has 0 fully saturated rings. The molecule has 1 atom stereocenters. The number of fused-ring (bicyclic) bond motifs is 1. The number of carbonyl (C=O) groups is 2. The highest BCUT2D eigenvalue weighted by Gasteiger charge is 2.33. The zero-order chi connectivity index (χ0) is 27.3. The van der Waals surface area contributed by atoms with Gasteiger partial charge in [-0.1, -0.05) is 60.2 Å². The summed E-state index contributed by atoms with van der Waals surface area (Å²) in [5, 5.41) is 2.66. The lowest BCUT2D eigenvalue weighted by atomic mass is 10.0. The number of hydrogen-bond acceptors (Lipinski definition) is 6. The monoisotopic (exact) mass is 537 g/mol. The molecule has 0 bridgehead atoms. The van der Waals surface area contributed by atoms with Gasteiger partial charge >= 0.3 is 0 Å².